The highest BCUT2D eigenvalue weighted by Gasteiger charge is 2.21. The summed E-state index contributed by atoms with van der Waals surface area (Å²) >= 11 is 0. The molecule has 0 bridgehead atoms. The van der Waals surface area contributed by atoms with Crippen LogP contribution < -0.4 is 0 Å². The minimum absolute atomic E-state index is 0.132. The summed E-state index contributed by atoms with van der Waals surface area (Å²) in [7, 11) is 0. The molecule has 0 fully saturated rings. The van der Waals surface area contributed by atoms with Crippen LogP contribution in [0.4, 0.5) is 0 Å². The largest absolute Gasteiger partial charge is 0.383 e. The van der Waals surface area contributed by atoms with E-state index in [1.165, 1.54) is 13.8 Å². The van der Waals surface area contributed by atoms with E-state index >= 15 is 0 Å². The van der Waals surface area contributed by atoms with Gasteiger partial charge in [-0.05, 0) is 20.3 Å². The minimum Gasteiger partial charge on any atom is -0.383 e. The molecule has 1 N–H and O–H groups in total. The number of ketones is 1. The van der Waals surface area contributed by atoms with Crippen LogP contribution in [0.25, 0.3) is 0 Å². The third-order valence-electron chi connectivity index (χ3n) is 1.26. The molecule has 0 aromatic carbocycles. The van der Waals surface area contributed by atoms with Crippen LogP contribution >= 0.6 is 0 Å². The number of allylic oxidation sites excluding steroid dienone is 1. The standard InChI is InChI=1S/C8H14O2/c1-4-5-6-7(9)8(2,3)10/h4,10H,1,5-6H2,2-3H3. The number of hydrogen-bond donors (Lipinski definition) is 1. The first kappa shape index (κ1) is 9.37. The van der Waals surface area contributed by atoms with Crippen molar-refractivity contribution in [3.05, 3.63) is 12.7 Å². The Hall–Kier alpha value is -0.630. The van der Waals surface area contributed by atoms with Crippen LogP contribution in [0.3, 0.4) is 0 Å². The first-order chi connectivity index (χ1) is 4.48. The van der Waals surface area contributed by atoms with Crippen molar-refractivity contribution >= 4 is 5.78 Å². The van der Waals surface area contributed by atoms with E-state index in [0.717, 1.165) is 0 Å². The van der Waals surface area contributed by atoms with Gasteiger partial charge in [0.1, 0.15) is 5.60 Å². The van der Waals surface area contributed by atoms with Gasteiger partial charge in [0.05, 0.1) is 0 Å². The summed E-state index contributed by atoms with van der Waals surface area (Å²) in [6.07, 6.45) is 2.69. The molecule has 0 aromatic heterocycles. The molecular weight excluding hydrogens is 128 g/mol. The van der Waals surface area contributed by atoms with E-state index in [1.807, 2.05) is 0 Å². The van der Waals surface area contributed by atoms with Crippen molar-refractivity contribution in [2.45, 2.75) is 32.3 Å². The molecule has 10 heavy (non-hydrogen) atoms. The Kier molecular flexibility index (Phi) is 3.30. The van der Waals surface area contributed by atoms with Crippen molar-refractivity contribution in [3.63, 3.8) is 0 Å². The van der Waals surface area contributed by atoms with Crippen LogP contribution in [0.15, 0.2) is 12.7 Å². The molecule has 0 aromatic rings. The predicted octanol–water partition coefficient (Wildman–Crippen LogP) is 1.29. The molecule has 2 heteroatoms. The van der Waals surface area contributed by atoms with Gasteiger partial charge in [-0.25, -0.2) is 0 Å². The third kappa shape index (κ3) is 3.41. The number of rotatable bonds is 4. The van der Waals surface area contributed by atoms with Crippen molar-refractivity contribution in [2.24, 2.45) is 0 Å². The second-order valence-electron chi connectivity index (χ2n) is 2.81. The lowest BCUT2D eigenvalue weighted by atomic mass is 10.00. The van der Waals surface area contributed by atoms with Crippen LogP contribution in [0.5, 0.6) is 0 Å². The quantitative estimate of drug-likeness (QED) is 0.600. The lowest BCUT2D eigenvalue weighted by Gasteiger charge is -2.13. The topological polar surface area (TPSA) is 37.3 Å². The molecule has 0 unspecified atom stereocenters. The fourth-order valence-corrected chi connectivity index (χ4v) is 0.539. The molecule has 0 heterocycles. The van der Waals surface area contributed by atoms with Gasteiger partial charge in [-0.15, -0.1) is 6.58 Å². The fraction of sp³-hybridized carbons (Fsp3) is 0.625. The first-order valence-electron chi connectivity index (χ1n) is 3.35. The average molecular weight is 142 g/mol. The van der Waals surface area contributed by atoms with Gasteiger partial charge in [0.2, 0.25) is 0 Å². The molecule has 2 nitrogen and oxygen atoms in total. The molecule has 0 aliphatic heterocycles. The summed E-state index contributed by atoms with van der Waals surface area (Å²) < 4.78 is 0. The van der Waals surface area contributed by atoms with E-state index in [4.69, 9.17) is 5.11 Å². The van der Waals surface area contributed by atoms with Gasteiger partial charge < -0.3 is 5.11 Å². The van der Waals surface area contributed by atoms with E-state index in [9.17, 15) is 4.79 Å². The zero-order valence-corrected chi connectivity index (χ0v) is 6.55. The Morgan fingerprint density at radius 3 is 2.50 bits per heavy atom. The van der Waals surface area contributed by atoms with E-state index < -0.39 is 5.60 Å². The predicted molar refractivity (Wildman–Crippen MR) is 40.7 cm³/mol. The van der Waals surface area contributed by atoms with E-state index in [2.05, 4.69) is 6.58 Å². The molecule has 0 aliphatic carbocycles. The van der Waals surface area contributed by atoms with Gasteiger partial charge >= 0.3 is 0 Å². The average Bonchev–Trinajstić information content (AvgIpc) is 1.80. The van der Waals surface area contributed by atoms with Gasteiger partial charge in [-0.2, -0.15) is 0 Å². The Balaban J connectivity index is 3.74. The smallest absolute Gasteiger partial charge is 0.164 e. The number of aliphatic hydroxyl groups is 1. The highest BCUT2D eigenvalue weighted by atomic mass is 16.3. The maximum atomic E-state index is 10.9. The van der Waals surface area contributed by atoms with Crippen molar-refractivity contribution in [3.8, 4) is 0 Å². The number of Topliss-reactive ketones (excluding diaryl/α,β-unsaturated/α-hetero) is 1. The molecule has 0 atom stereocenters. The third-order valence-corrected chi connectivity index (χ3v) is 1.26. The van der Waals surface area contributed by atoms with Crippen molar-refractivity contribution in [1.82, 2.24) is 0 Å². The highest BCUT2D eigenvalue weighted by Crippen LogP contribution is 2.07. The Morgan fingerprint density at radius 2 is 2.20 bits per heavy atom. The summed E-state index contributed by atoms with van der Waals surface area (Å²) in [5, 5.41) is 9.13. The van der Waals surface area contributed by atoms with Gasteiger partial charge in [0.25, 0.3) is 0 Å². The Morgan fingerprint density at radius 1 is 1.70 bits per heavy atom. The highest BCUT2D eigenvalue weighted by molar-refractivity contribution is 5.86. The minimum atomic E-state index is -1.18. The van der Waals surface area contributed by atoms with Gasteiger partial charge in [0, 0.05) is 6.42 Å². The zero-order chi connectivity index (χ0) is 8.20. The van der Waals surface area contributed by atoms with Crippen molar-refractivity contribution < 1.29 is 9.90 Å². The summed E-state index contributed by atoms with van der Waals surface area (Å²) in [4.78, 5) is 10.9. The number of carbonyl (C=O) groups excluding carboxylic acids is 1. The van der Waals surface area contributed by atoms with E-state index in [-0.39, 0.29) is 5.78 Å². The molecular formula is C8H14O2. The Bertz CT molecular complexity index is 131. The second kappa shape index (κ2) is 3.52. The molecule has 0 rings (SSSR count). The Labute approximate surface area is 61.6 Å². The fourth-order valence-electron chi connectivity index (χ4n) is 0.539. The van der Waals surface area contributed by atoms with Gasteiger partial charge in [-0.1, -0.05) is 6.08 Å². The van der Waals surface area contributed by atoms with Crippen molar-refractivity contribution in [1.29, 1.82) is 0 Å². The normalized spacial score (nSPS) is 11.1. The maximum absolute atomic E-state index is 10.9. The SMILES string of the molecule is C=CCCC(=O)C(C)(C)O. The summed E-state index contributed by atoms with van der Waals surface area (Å²) in [5.74, 6) is -0.132. The van der Waals surface area contributed by atoms with Crippen LogP contribution in [-0.4, -0.2) is 16.5 Å². The van der Waals surface area contributed by atoms with Crippen LogP contribution in [-0.2, 0) is 4.79 Å². The van der Waals surface area contributed by atoms with Crippen LogP contribution in [0, 0.1) is 0 Å². The van der Waals surface area contributed by atoms with Gasteiger partial charge in [0.15, 0.2) is 5.78 Å². The molecule has 0 saturated carbocycles. The lowest BCUT2D eigenvalue weighted by Crippen LogP contribution is -2.30. The van der Waals surface area contributed by atoms with E-state index in [1.54, 1.807) is 6.08 Å². The molecule has 0 amide bonds. The van der Waals surface area contributed by atoms with E-state index in [0.29, 0.717) is 12.8 Å². The second-order valence-corrected chi connectivity index (χ2v) is 2.81. The molecule has 0 aliphatic rings. The van der Waals surface area contributed by atoms with Crippen LogP contribution in [0.1, 0.15) is 26.7 Å². The lowest BCUT2D eigenvalue weighted by molar-refractivity contribution is -0.133. The monoisotopic (exact) mass is 142 g/mol. The first-order valence-corrected chi connectivity index (χ1v) is 3.35. The molecule has 58 valence electrons. The summed E-state index contributed by atoms with van der Waals surface area (Å²) in [5.41, 5.74) is -1.18. The maximum Gasteiger partial charge on any atom is 0.164 e. The summed E-state index contributed by atoms with van der Waals surface area (Å²) in [6, 6.07) is 0. The van der Waals surface area contributed by atoms with Crippen LogP contribution in [0.2, 0.25) is 0 Å². The van der Waals surface area contributed by atoms with Gasteiger partial charge in [-0.3, -0.25) is 4.79 Å². The summed E-state index contributed by atoms with van der Waals surface area (Å²) in [6.45, 7) is 6.48. The molecule has 0 saturated heterocycles. The zero-order valence-electron chi connectivity index (χ0n) is 6.55. The number of hydrogen-bond acceptors (Lipinski definition) is 2. The molecule has 0 radical (unpaired) electrons. The number of carbonyl (C=O) groups is 1. The van der Waals surface area contributed by atoms with Crippen molar-refractivity contribution in [2.75, 3.05) is 0 Å². The molecule has 0 spiro atoms.